The molecule has 4 rings (SSSR count). The van der Waals surface area contributed by atoms with Crippen molar-refractivity contribution in [3.8, 4) is 0 Å². The Morgan fingerprint density at radius 1 is 1.19 bits per heavy atom. The molecule has 2 aromatic heterocycles. The van der Waals surface area contributed by atoms with Gasteiger partial charge in [0.15, 0.2) is 10.00 Å². The summed E-state index contributed by atoms with van der Waals surface area (Å²) in [6.07, 6.45) is 3.77. The second-order valence-corrected chi connectivity index (χ2v) is 11.5. The van der Waals surface area contributed by atoms with E-state index in [-0.39, 0.29) is 22.7 Å². The van der Waals surface area contributed by atoms with Crippen LogP contribution in [0.3, 0.4) is 0 Å². The number of rotatable bonds is 5. The monoisotopic (exact) mass is 563 g/mol. The number of thiocarbonyl (C=S) groups is 1. The number of pyridine rings is 1. The Balaban J connectivity index is 1.45. The molecule has 198 valence electrons. The minimum Gasteiger partial charge on any atom is -0.349 e. The summed E-state index contributed by atoms with van der Waals surface area (Å²) in [5.74, 6) is -0.637. The van der Waals surface area contributed by atoms with Gasteiger partial charge in [0, 0.05) is 56.6 Å². The maximum atomic E-state index is 13.2. The molecule has 3 atom stereocenters. The molecule has 3 amide bonds. The van der Waals surface area contributed by atoms with Crippen LogP contribution in [0.4, 0.5) is 5.82 Å². The van der Waals surface area contributed by atoms with Crippen LogP contribution in [0.5, 0.6) is 0 Å². The van der Waals surface area contributed by atoms with Crippen LogP contribution in [-0.4, -0.2) is 82.2 Å². The van der Waals surface area contributed by atoms with E-state index in [1.807, 2.05) is 7.05 Å². The van der Waals surface area contributed by atoms with E-state index in [4.69, 9.17) is 23.8 Å². The lowest BCUT2D eigenvalue weighted by Crippen LogP contribution is -2.57. The molecule has 2 aromatic rings. The first kappa shape index (κ1) is 27.4. The van der Waals surface area contributed by atoms with E-state index in [1.54, 1.807) is 31.1 Å². The number of amides is 3. The van der Waals surface area contributed by atoms with Crippen molar-refractivity contribution in [1.29, 1.82) is 0 Å². The van der Waals surface area contributed by atoms with Crippen LogP contribution in [-0.2, 0) is 22.6 Å². The fraction of sp³-hybridized carbons (Fsp3) is 0.500. The van der Waals surface area contributed by atoms with E-state index < -0.39 is 18.0 Å². The molecule has 3 unspecified atom stereocenters. The number of halogens is 1. The summed E-state index contributed by atoms with van der Waals surface area (Å²) in [5, 5.41) is 9.66. The lowest BCUT2D eigenvalue weighted by molar-refractivity contribution is -0.134. The quantitative estimate of drug-likeness (QED) is 0.473. The Hall–Kier alpha value is -2.67. The molecule has 1 aliphatic carbocycles. The molecular weight excluding hydrogens is 534 g/mol. The summed E-state index contributed by atoms with van der Waals surface area (Å²) in [6, 6.07) is 2.40. The number of carbonyl (C=O) groups excluding carboxylic acids is 3. The van der Waals surface area contributed by atoms with Crippen molar-refractivity contribution in [2.75, 3.05) is 33.0 Å². The average Bonchev–Trinajstić information content (AvgIpc) is 3.29. The van der Waals surface area contributed by atoms with Crippen molar-refractivity contribution in [2.24, 2.45) is 5.92 Å². The molecule has 0 saturated heterocycles. The first-order valence-corrected chi connectivity index (χ1v) is 13.6. The maximum absolute atomic E-state index is 13.2. The molecular formula is C24H30ClN7O3S2. The van der Waals surface area contributed by atoms with Crippen molar-refractivity contribution in [2.45, 2.75) is 44.3 Å². The standard InChI is InChI=1S/C24H30ClN7O3S2/c1-31(2)24(35)13-4-6-15(27-20(33)22(36)30-19-7-5-14(25)11-26-19)17(10-13)28-21(34)23-29-16-8-9-32(3)12-18(16)37-23/h5,7,11,13,15,17H,4,6,8-10,12H2,1-3H3,(H,27,33)(H,28,34)(H,26,30,36). The normalized spacial score (nSPS) is 21.5. The smallest absolute Gasteiger partial charge is 0.280 e. The SMILES string of the molecule is CN1CCc2nc(C(=O)NC3CC(C(=O)N(C)C)CCC3NC(=O)C(=S)Nc3ccc(Cl)cn3)sc2C1. The average molecular weight is 564 g/mol. The summed E-state index contributed by atoms with van der Waals surface area (Å²) >= 11 is 12.5. The van der Waals surface area contributed by atoms with Gasteiger partial charge in [-0.05, 0) is 38.4 Å². The third-order valence-electron chi connectivity index (χ3n) is 6.56. The highest BCUT2D eigenvalue weighted by atomic mass is 35.5. The zero-order valence-electron chi connectivity index (χ0n) is 20.9. The summed E-state index contributed by atoms with van der Waals surface area (Å²) < 4.78 is 0. The first-order chi connectivity index (χ1) is 17.6. The Morgan fingerprint density at radius 2 is 1.97 bits per heavy atom. The van der Waals surface area contributed by atoms with Crippen LogP contribution >= 0.6 is 35.2 Å². The Labute approximate surface area is 230 Å². The highest BCUT2D eigenvalue weighted by Crippen LogP contribution is 2.28. The molecule has 3 heterocycles. The fourth-order valence-corrected chi connectivity index (χ4v) is 5.97. The zero-order valence-corrected chi connectivity index (χ0v) is 23.3. The molecule has 0 spiro atoms. The fourth-order valence-electron chi connectivity index (χ4n) is 4.60. The maximum Gasteiger partial charge on any atom is 0.280 e. The lowest BCUT2D eigenvalue weighted by atomic mass is 9.81. The molecule has 10 nitrogen and oxygen atoms in total. The number of nitrogens with zero attached hydrogens (tertiary/aromatic N) is 4. The molecule has 0 bridgehead atoms. The van der Waals surface area contributed by atoms with Crippen LogP contribution in [0, 0.1) is 5.92 Å². The third-order valence-corrected chi connectivity index (χ3v) is 8.16. The van der Waals surface area contributed by atoms with Crippen molar-refractivity contribution in [3.05, 3.63) is 38.9 Å². The number of thiazole rings is 1. The molecule has 2 aliphatic rings. The van der Waals surface area contributed by atoms with Gasteiger partial charge in [-0.3, -0.25) is 14.4 Å². The number of aromatic nitrogens is 2. The van der Waals surface area contributed by atoms with Gasteiger partial charge in [-0.2, -0.15) is 0 Å². The second kappa shape index (κ2) is 11.8. The van der Waals surface area contributed by atoms with E-state index in [2.05, 4.69) is 30.8 Å². The van der Waals surface area contributed by atoms with Crippen LogP contribution in [0.25, 0.3) is 0 Å². The van der Waals surface area contributed by atoms with Gasteiger partial charge < -0.3 is 25.8 Å². The number of hydrogen-bond donors (Lipinski definition) is 3. The predicted octanol–water partition coefficient (Wildman–Crippen LogP) is 2.09. The molecule has 0 aromatic carbocycles. The van der Waals surface area contributed by atoms with Gasteiger partial charge >= 0.3 is 0 Å². The minimum absolute atomic E-state index is 0.00257. The van der Waals surface area contributed by atoms with Crippen LogP contribution in [0.2, 0.25) is 5.02 Å². The number of anilines is 1. The second-order valence-electron chi connectivity index (χ2n) is 9.60. The molecule has 0 radical (unpaired) electrons. The van der Waals surface area contributed by atoms with Gasteiger partial charge in [0.05, 0.1) is 16.8 Å². The lowest BCUT2D eigenvalue weighted by Gasteiger charge is -2.37. The van der Waals surface area contributed by atoms with Crippen LogP contribution in [0.1, 0.15) is 39.6 Å². The number of carbonyl (C=O) groups is 3. The molecule has 3 N–H and O–H groups in total. The van der Waals surface area contributed by atoms with Crippen molar-refractivity contribution < 1.29 is 14.4 Å². The number of hydrogen-bond acceptors (Lipinski definition) is 8. The minimum atomic E-state index is -0.485. The van der Waals surface area contributed by atoms with Gasteiger partial charge in [-0.1, -0.05) is 23.8 Å². The Morgan fingerprint density at radius 3 is 2.68 bits per heavy atom. The highest BCUT2D eigenvalue weighted by Gasteiger charge is 2.37. The van der Waals surface area contributed by atoms with Crippen molar-refractivity contribution >= 4 is 63.7 Å². The van der Waals surface area contributed by atoms with E-state index in [0.29, 0.717) is 35.1 Å². The van der Waals surface area contributed by atoms with Crippen LogP contribution in [0.15, 0.2) is 18.3 Å². The van der Waals surface area contributed by atoms with Crippen molar-refractivity contribution in [3.63, 3.8) is 0 Å². The predicted molar refractivity (Wildman–Crippen MR) is 147 cm³/mol. The summed E-state index contributed by atoms with van der Waals surface area (Å²) in [4.78, 5) is 52.3. The number of nitrogens with one attached hydrogen (secondary N) is 3. The van der Waals surface area contributed by atoms with Gasteiger partial charge in [-0.25, -0.2) is 9.97 Å². The van der Waals surface area contributed by atoms with E-state index in [9.17, 15) is 14.4 Å². The third kappa shape index (κ3) is 6.81. The van der Waals surface area contributed by atoms with Gasteiger partial charge in [0.1, 0.15) is 5.82 Å². The number of likely N-dealkylation sites (N-methyl/N-ethyl adjacent to an activating group) is 1. The molecule has 37 heavy (non-hydrogen) atoms. The van der Waals surface area contributed by atoms with Gasteiger partial charge in [0.2, 0.25) is 5.91 Å². The van der Waals surface area contributed by atoms with Crippen molar-refractivity contribution in [1.82, 2.24) is 30.4 Å². The summed E-state index contributed by atoms with van der Waals surface area (Å²) in [6.45, 7) is 1.68. The molecule has 1 saturated carbocycles. The van der Waals surface area contributed by atoms with Gasteiger partial charge in [-0.15, -0.1) is 11.3 Å². The Bertz CT molecular complexity index is 1190. The molecule has 1 aliphatic heterocycles. The first-order valence-electron chi connectivity index (χ1n) is 12.0. The molecule has 1 fully saturated rings. The zero-order chi connectivity index (χ0) is 26.7. The largest absolute Gasteiger partial charge is 0.349 e. The van der Waals surface area contributed by atoms with Crippen LogP contribution < -0.4 is 16.0 Å². The topological polar surface area (TPSA) is 120 Å². The van der Waals surface area contributed by atoms with E-state index >= 15 is 0 Å². The molecule has 13 heteroatoms. The van der Waals surface area contributed by atoms with E-state index in [1.165, 1.54) is 17.5 Å². The van der Waals surface area contributed by atoms with E-state index in [0.717, 1.165) is 30.1 Å². The number of fused-ring (bicyclic) bond motifs is 1. The summed E-state index contributed by atoms with van der Waals surface area (Å²) in [5.41, 5.74) is 0.967. The highest BCUT2D eigenvalue weighted by molar-refractivity contribution is 7.82. The van der Waals surface area contributed by atoms with Gasteiger partial charge in [0.25, 0.3) is 11.8 Å². The summed E-state index contributed by atoms with van der Waals surface area (Å²) in [7, 11) is 5.48. The Kier molecular flexibility index (Phi) is 8.73.